The van der Waals surface area contributed by atoms with Crippen LogP contribution in [-0.4, -0.2) is 12.0 Å². The van der Waals surface area contributed by atoms with Crippen molar-refractivity contribution in [3.05, 3.63) is 41.9 Å². The summed E-state index contributed by atoms with van der Waals surface area (Å²) in [6.07, 6.45) is 3.62. The van der Waals surface area contributed by atoms with Crippen LogP contribution in [0.4, 0.5) is 0 Å². The lowest BCUT2D eigenvalue weighted by Gasteiger charge is -2.00. The van der Waals surface area contributed by atoms with E-state index >= 15 is 0 Å². The van der Waals surface area contributed by atoms with Gasteiger partial charge in [0.05, 0.1) is 6.54 Å². The fourth-order valence-corrected chi connectivity index (χ4v) is 1.54. The molecule has 3 nitrogen and oxygen atoms in total. The second-order valence-corrected chi connectivity index (χ2v) is 3.49. The molecule has 0 fully saturated rings. The van der Waals surface area contributed by atoms with Gasteiger partial charge in [-0.25, -0.2) is 0 Å². The van der Waals surface area contributed by atoms with Crippen molar-refractivity contribution in [2.24, 2.45) is 0 Å². The minimum absolute atomic E-state index is 0.754. The minimum atomic E-state index is 0.754. The van der Waals surface area contributed by atoms with Gasteiger partial charge in [0.15, 0.2) is 0 Å². The average molecular weight is 202 g/mol. The van der Waals surface area contributed by atoms with Crippen LogP contribution in [0.5, 0.6) is 0 Å². The van der Waals surface area contributed by atoms with Crippen molar-refractivity contribution >= 4 is 0 Å². The summed E-state index contributed by atoms with van der Waals surface area (Å²) < 4.78 is 5.70. The van der Waals surface area contributed by atoms with Crippen molar-refractivity contribution in [3.8, 4) is 11.3 Å². The molecule has 78 valence electrons. The van der Waals surface area contributed by atoms with E-state index in [1.807, 2.05) is 38.4 Å². The maximum Gasteiger partial charge on any atom is 0.134 e. The summed E-state index contributed by atoms with van der Waals surface area (Å²) in [7, 11) is 1.90. The first-order valence-electron chi connectivity index (χ1n) is 4.95. The Hall–Kier alpha value is -1.61. The number of pyridine rings is 1. The first kappa shape index (κ1) is 9.93. The van der Waals surface area contributed by atoms with Crippen LogP contribution in [0.25, 0.3) is 11.3 Å². The van der Waals surface area contributed by atoms with Crippen LogP contribution in [0.15, 0.2) is 35.0 Å². The molecular formula is C12H14N2O. The number of rotatable bonds is 3. The maximum atomic E-state index is 5.70. The zero-order valence-corrected chi connectivity index (χ0v) is 8.95. The number of nitrogens with one attached hydrogen (secondary N) is 1. The molecule has 2 aromatic rings. The molecule has 3 heteroatoms. The molecule has 1 N–H and O–H groups in total. The van der Waals surface area contributed by atoms with Gasteiger partial charge in [0.1, 0.15) is 11.5 Å². The number of furan rings is 1. The summed E-state index contributed by atoms with van der Waals surface area (Å²) in [5.74, 6) is 1.85. The van der Waals surface area contributed by atoms with Crippen LogP contribution in [-0.2, 0) is 6.54 Å². The first-order valence-corrected chi connectivity index (χ1v) is 4.95. The predicted molar refractivity (Wildman–Crippen MR) is 59.4 cm³/mol. The smallest absolute Gasteiger partial charge is 0.134 e. The molecule has 0 aromatic carbocycles. The Bertz CT molecular complexity index is 448. The number of hydrogen-bond donors (Lipinski definition) is 1. The largest absolute Gasteiger partial charge is 0.460 e. The van der Waals surface area contributed by atoms with E-state index in [1.54, 1.807) is 6.20 Å². The van der Waals surface area contributed by atoms with Crippen LogP contribution >= 0.6 is 0 Å². The van der Waals surface area contributed by atoms with Crippen molar-refractivity contribution in [3.63, 3.8) is 0 Å². The third kappa shape index (κ3) is 2.07. The van der Waals surface area contributed by atoms with E-state index in [0.717, 1.165) is 29.2 Å². The number of aromatic nitrogens is 1. The van der Waals surface area contributed by atoms with Crippen LogP contribution in [0.1, 0.15) is 11.3 Å². The molecule has 15 heavy (non-hydrogen) atoms. The molecule has 0 saturated carbocycles. The van der Waals surface area contributed by atoms with Gasteiger partial charge in [0.2, 0.25) is 0 Å². The summed E-state index contributed by atoms with van der Waals surface area (Å²) in [5.41, 5.74) is 2.23. The second-order valence-electron chi connectivity index (χ2n) is 3.49. The van der Waals surface area contributed by atoms with Crippen molar-refractivity contribution in [1.29, 1.82) is 0 Å². The first-order chi connectivity index (χ1) is 7.31. The normalized spacial score (nSPS) is 10.5. The van der Waals surface area contributed by atoms with Crippen molar-refractivity contribution in [2.75, 3.05) is 7.05 Å². The lowest BCUT2D eigenvalue weighted by atomic mass is 10.1. The van der Waals surface area contributed by atoms with Gasteiger partial charge in [-0.3, -0.25) is 4.98 Å². The molecule has 0 saturated heterocycles. The van der Waals surface area contributed by atoms with E-state index < -0.39 is 0 Å². The quantitative estimate of drug-likeness (QED) is 0.830. The van der Waals surface area contributed by atoms with E-state index in [9.17, 15) is 0 Å². The van der Waals surface area contributed by atoms with Crippen LogP contribution in [0.3, 0.4) is 0 Å². The Morgan fingerprint density at radius 3 is 2.93 bits per heavy atom. The molecule has 0 aliphatic carbocycles. The molecule has 0 radical (unpaired) electrons. The molecule has 2 aromatic heterocycles. The summed E-state index contributed by atoms with van der Waals surface area (Å²) in [6.45, 7) is 2.78. The average Bonchev–Trinajstić information content (AvgIpc) is 2.68. The summed E-state index contributed by atoms with van der Waals surface area (Å²) >= 11 is 0. The maximum absolute atomic E-state index is 5.70. The van der Waals surface area contributed by atoms with Gasteiger partial charge in [0, 0.05) is 18.0 Å². The van der Waals surface area contributed by atoms with E-state index in [2.05, 4.69) is 10.3 Å². The molecular weight excluding hydrogens is 188 g/mol. The molecule has 0 atom stereocenters. The highest BCUT2D eigenvalue weighted by molar-refractivity contribution is 5.60. The Morgan fingerprint density at radius 1 is 1.33 bits per heavy atom. The van der Waals surface area contributed by atoms with Gasteiger partial charge in [-0.05, 0) is 37.7 Å². The number of aryl methyl sites for hydroxylation is 1. The second kappa shape index (κ2) is 4.28. The molecule has 0 amide bonds. The molecule has 2 rings (SSSR count). The lowest BCUT2D eigenvalue weighted by molar-refractivity contribution is 0.507. The van der Waals surface area contributed by atoms with Gasteiger partial charge in [-0.1, -0.05) is 0 Å². The van der Waals surface area contributed by atoms with E-state index in [-0.39, 0.29) is 0 Å². The molecule has 0 spiro atoms. The monoisotopic (exact) mass is 202 g/mol. The fourth-order valence-electron chi connectivity index (χ4n) is 1.54. The van der Waals surface area contributed by atoms with E-state index in [0.29, 0.717) is 0 Å². The topological polar surface area (TPSA) is 38.1 Å². The molecule has 0 unspecified atom stereocenters. The van der Waals surface area contributed by atoms with E-state index in [1.165, 1.54) is 0 Å². The number of nitrogens with zero attached hydrogens (tertiary/aromatic N) is 1. The molecule has 0 aliphatic heterocycles. The summed E-state index contributed by atoms with van der Waals surface area (Å²) in [5, 5.41) is 3.06. The SMILES string of the molecule is CNCc1ccc(-c2ccncc2C)o1. The zero-order valence-electron chi connectivity index (χ0n) is 8.95. The highest BCUT2D eigenvalue weighted by Crippen LogP contribution is 2.24. The van der Waals surface area contributed by atoms with Gasteiger partial charge in [-0.15, -0.1) is 0 Å². The third-order valence-corrected chi connectivity index (χ3v) is 2.30. The number of hydrogen-bond acceptors (Lipinski definition) is 3. The zero-order chi connectivity index (χ0) is 10.7. The molecule has 2 heterocycles. The minimum Gasteiger partial charge on any atom is -0.460 e. The van der Waals surface area contributed by atoms with Crippen LogP contribution < -0.4 is 5.32 Å². The highest BCUT2D eigenvalue weighted by Gasteiger charge is 2.06. The van der Waals surface area contributed by atoms with Crippen molar-refractivity contribution < 1.29 is 4.42 Å². The Morgan fingerprint density at radius 2 is 2.20 bits per heavy atom. The van der Waals surface area contributed by atoms with Crippen LogP contribution in [0, 0.1) is 6.92 Å². The van der Waals surface area contributed by atoms with E-state index in [4.69, 9.17) is 4.42 Å². The fraction of sp³-hybridized carbons (Fsp3) is 0.250. The molecule has 0 bridgehead atoms. The van der Waals surface area contributed by atoms with Gasteiger partial charge < -0.3 is 9.73 Å². The Labute approximate surface area is 89.1 Å². The standard InChI is InChI=1S/C12H14N2O/c1-9-7-14-6-5-11(9)12-4-3-10(15-12)8-13-2/h3-7,13H,8H2,1-2H3. The third-order valence-electron chi connectivity index (χ3n) is 2.30. The summed E-state index contributed by atoms with van der Waals surface area (Å²) in [6, 6.07) is 5.96. The highest BCUT2D eigenvalue weighted by atomic mass is 16.3. The van der Waals surface area contributed by atoms with Gasteiger partial charge in [0.25, 0.3) is 0 Å². The summed E-state index contributed by atoms with van der Waals surface area (Å²) in [4.78, 5) is 4.06. The molecule has 0 aliphatic rings. The van der Waals surface area contributed by atoms with Gasteiger partial charge >= 0.3 is 0 Å². The lowest BCUT2D eigenvalue weighted by Crippen LogP contribution is -2.03. The predicted octanol–water partition coefficient (Wildman–Crippen LogP) is 2.37. The van der Waals surface area contributed by atoms with Gasteiger partial charge in [-0.2, -0.15) is 0 Å². The Kier molecular flexibility index (Phi) is 2.83. The van der Waals surface area contributed by atoms with Crippen LogP contribution in [0.2, 0.25) is 0 Å². The Balaban J connectivity index is 2.33. The van der Waals surface area contributed by atoms with Crippen molar-refractivity contribution in [1.82, 2.24) is 10.3 Å². The van der Waals surface area contributed by atoms with Crippen molar-refractivity contribution in [2.45, 2.75) is 13.5 Å².